The number of halogens is 16. The minimum absolute atomic E-state index is 1.15. The quantitative estimate of drug-likeness (QED) is 0.428. The second-order valence-corrected chi connectivity index (χ2v) is 4.21. The Morgan fingerprint density at radius 1 is 0.538 bits per heavy atom. The lowest BCUT2D eigenvalue weighted by atomic mass is 9.94. The molecule has 0 saturated heterocycles. The Balaban J connectivity index is 6.40. The molecule has 0 saturated carbocycles. The van der Waals surface area contributed by atoms with Crippen LogP contribution in [-0.2, 0) is 9.53 Å². The molecule has 0 fully saturated rings. The van der Waals surface area contributed by atoms with Gasteiger partial charge in [0.15, 0.2) is 0 Å². The predicted molar refractivity (Wildman–Crippen MR) is 42.9 cm³/mol. The van der Waals surface area contributed by atoms with Crippen LogP contribution in [0.1, 0.15) is 0 Å². The summed E-state index contributed by atoms with van der Waals surface area (Å²) in [5.74, 6) is -40.6. The molecule has 0 spiro atoms. The van der Waals surface area contributed by atoms with Crippen molar-refractivity contribution in [2.45, 2.75) is 42.1 Å². The van der Waals surface area contributed by atoms with E-state index in [0.717, 1.165) is 4.74 Å². The molecule has 0 aromatic rings. The minimum atomic E-state index is -8.42. The van der Waals surface area contributed by atoms with E-state index in [1.54, 1.807) is 0 Å². The van der Waals surface area contributed by atoms with Gasteiger partial charge in [-0.2, -0.15) is 57.1 Å². The zero-order valence-corrected chi connectivity index (χ0v) is 10.9. The summed E-state index contributed by atoms with van der Waals surface area (Å²) >= 11 is 0. The summed E-state index contributed by atoms with van der Waals surface area (Å²) in [6.07, 6.45) is -14.6. The summed E-state index contributed by atoms with van der Waals surface area (Å²) in [7, 11) is 0. The standard InChI is InChI=1S/C8F16O2/c9-1(25)2(10,11)3(12,13)4(14,15)5(16,17)6(18,19)7(20,21)26-8(22,23)24. The van der Waals surface area contributed by atoms with Gasteiger partial charge in [0.05, 0.1) is 0 Å². The van der Waals surface area contributed by atoms with Crippen LogP contribution in [0.3, 0.4) is 0 Å². The SMILES string of the molecule is O=C(F)C(F)(F)C(F)(F)C(F)(F)C(F)(F)C(F)(F)C(F)(F)OC(F)(F)F. The van der Waals surface area contributed by atoms with Crippen molar-refractivity contribution >= 4 is 6.04 Å². The van der Waals surface area contributed by atoms with Crippen molar-refractivity contribution in [1.82, 2.24) is 0 Å². The number of carbonyl (C=O) groups is 1. The molecular weight excluding hydrogens is 432 g/mol. The summed E-state index contributed by atoms with van der Waals surface area (Å²) in [4.78, 5) is 9.54. The topological polar surface area (TPSA) is 26.3 Å². The van der Waals surface area contributed by atoms with Crippen molar-refractivity contribution < 1.29 is 79.8 Å². The summed E-state index contributed by atoms with van der Waals surface area (Å²) in [5, 5.41) is 0. The van der Waals surface area contributed by atoms with Crippen molar-refractivity contribution in [3.63, 3.8) is 0 Å². The first-order chi connectivity index (χ1) is 10.9. The van der Waals surface area contributed by atoms with E-state index in [0.29, 0.717) is 0 Å². The minimum Gasteiger partial charge on any atom is -0.254 e. The van der Waals surface area contributed by atoms with Crippen LogP contribution in [0, 0.1) is 0 Å². The highest BCUT2D eigenvalue weighted by Gasteiger charge is 2.92. The van der Waals surface area contributed by atoms with Gasteiger partial charge in [-0.15, -0.1) is 13.2 Å². The third-order valence-corrected chi connectivity index (χ3v) is 2.43. The van der Waals surface area contributed by atoms with E-state index in [-0.39, 0.29) is 0 Å². The molecule has 156 valence electrons. The molecule has 0 heterocycles. The third kappa shape index (κ3) is 3.38. The first-order valence-electron chi connectivity index (χ1n) is 5.14. The van der Waals surface area contributed by atoms with Crippen LogP contribution < -0.4 is 0 Å². The summed E-state index contributed by atoms with van der Waals surface area (Å²) in [5.41, 5.74) is 0. The Morgan fingerprint density at radius 2 is 0.846 bits per heavy atom. The first-order valence-corrected chi connectivity index (χ1v) is 5.14. The highest BCUT2D eigenvalue weighted by molar-refractivity contribution is 5.78. The van der Waals surface area contributed by atoms with Crippen LogP contribution in [0.4, 0.5) is 70.2 Å². The molecule has 0 aromatic carbocycles. The zero-order valence-electron chi connectivity index (χ0n) is 10.9. The Kier molecular flexibility index (Phi) is 5.67. The summed E-state index contributed by atoms with van der Waals surface area (Å²) in [6.45, 7) is 0. The van der Waals surface area contributed by atoms with Crippen molar-refractivity contribution in [1.29, 1.82) is 0 Å². The Hall–Kier alpha value is -1.49. The smallest absolute Gasteiger partial charge is 0.254 e. The Labute approximate surface area is 129 Å². The highest BCUT2D eigenvalue weighted by Crippen LogP contribution is 2.60. The number of hydrogen-bond acceptors (Lipinski definition) is 2. The van der Waals surface area contributed by atoms with Crippen LogP contribution in [0.5, 0.6) is 0 Å². The number of alkyl halides is 15. The van der Waals surface area contributed by atoms with Gasteiger partial charge in [0.1, 0.15) is 0 Å². The maximum atomic E-state index is 12.9. The molecule has 0 atom stereocenters. The van der Waals surface area contributed by atoms with Gasteiger partial charge in [0.2, 0.25) is 0 Å². The van der Waals surface area contributed by atoms with Gasteiger partial charge in [-0.1, -0.05) is 0 Å². The number of hydrogen-bond donors (Lipinski definition) is 0. The monoisotopic (exact) mass is 432 g/mol. The van der Waals surface area contributed by atoms with Crippen molar-refractivity contribution in [2.75, 3.05) is 0 Å². The van der Waals surface area contributed by atoms with Crippen LogP contribution in [0.25, 0.3) is 0 Å². The number of carbonyl (C=O) groups excluding carboxylic acids is 1. The van der Waals surface area contributed by atoms with Crippen molar-refractivity contribution in [2.24, 2.45) is 0 Å². The molecule has 0 amide bonds. The zero-order chi connectivity index (χ0) is 21.8. The van der Waals surface area contributed by atoms with Crippen LogP contribution >= 0.6 is 0 Å². The first kappa shape index (κ1) is 24.5. The van der Waals surface area contributed by atoms with Crippen LogP contribution in [0.15, 0.2) is 0 Å². The highest BCUT2D eigenvalue weighted by atomic mass is 19.4. The van der Waals surface area contributed by atoms with E-state index in [9.17, 15) is 75.0 Å². The number of ether oxygens (including phenoxy) is 1. The van der Waals surface area contributed by atoms with Gasteiger partial charge >= 0.3 is 48.1 Å². The largest absolute Gasteiger partial charge is 0.527 e. The molecule has 0 aliphatic rings. The van der Waals surface area contributed by atoms with Gasteiger partial charge in [0.25, 0.3) is 0 Å². The van der Waals surface area contributed by atoms with Gasteiger partial charge in [0, 0.05) is 0 Å². The fraction of sp³-hybridized carbons (Fsp3) is 0.875. The Morgan fingerprint density at radius 3 is 1.12 bits per heavy atom. The van der Waals surface area contributed by atoms with E-state index in [2.05, 4.69) is 0 Å². The van der Waals surface area contributed by atoms with Crippen LogP contribution in [0.2, 0.25) is 0 Å². The van der Waals surface area contributed by atoms with Crippen molar-refractivity contribution in [3.8, 4) is 0 Å². The average molecular weight is 432 g/mol. The van der Waals surface area contributed by atoms with E-state index in [1.807, 2.05) is 0 Å². The third-order valence-electron chi connectivity index (χ3n) is 2.43. The molecule has 18 heteroatoms. The molecule has 2 nitrogen and oxygen atoms in total. The lowest BCUT2D eigenvalue weighted by Crippen LogP contribution is -2.72. The maximum absolute atomic E-state index is 12.9. The molecule has 0 bridgehead atoms. The fourth-order valence-corrected chi connectivity index (χ4v) is 1.11. The fourth-order valence-electron chi connectivity index (χ4n) is 1.11. The molecule has 0 rings (SSSR count). The summed E-state index contributed by atoms with van der Waals surface area (Å²) in [6, 6.07) is -4.76. The van der Waals surface area contributed by atoms with E-state index in [1.165, 1.54) is 0 Å². The predicted octanol–water partition coefficient (Wildman–Crippen LogP) is 4.79. The van der Waals surface area contributed by atoms with Crippen molar-refractivity contribution in [3.05, 3.63) is 0 Å². The molecule has 0 radical (unpaired) electrons. The molecule has 26 heavy (non-hydrogen) atoms. The van der Waals surface area contributed by atoms with E-state index in [4.69, 9.17) is 0 Å². The van der Waals surface area contributed by atoms with Gasteiger partial charge in [-0.3, -0.25) is 4.79 Å². The molecule has 0 aliphatic heterocycles. The average Bonchev–Trinajstić information content (AvgIpc) is 2.34. The van der Waals surface area contributed by atoms with E-state index >= 15 is 0 Å². The van der Waals surface area contributed by atoms with Gasteiger partial charge < -0.3 is 0 Å². The molecular formula is C8F16O2. The van der Waals surface area contributed by atoms with Crippen LogP contribution in [-0.4, -0.2) is 48.1 Å². The normalized spacial score (nSPS) is 16.0. The van der Waals surface area contributed by atoms with Gasteiger partial charge in [-0.25, -0.2) is 4.74 Å². The second-order valence-electron chi connectivity index (χ2n) is 4.21. The Bertz CT molecular complexity index is 545. The molecule has 0 aromatic heterocycles. The summed E-state index contributed by atoms with van der Waals surface area (Å²) < 4.78 is 199. The maximum Gasteiger partial charge on any atom is 0.527 e. The number of rotatable bonds is 7. The second kappa shape index (κ2) is 6.01. The molecule has 0 N–H and O–H groups in total. The van der Waals surface area contributed by atoms with E-state index < -0.39 is 48.1 Å². The lowest BCUT2D eigenvalue weighted by Gasteiger charge is -2.39. The molecule has 0 aliphatic carbocycles. The lowest BCUT2D eigenvalue weighted by molar-refractivity contribution is -0.505. The molecule has 0 unspecified atom stereocenters. The van der Waals surface area contributed by atoms with Gasteiger partial charge in [-0.05, 0) is 0 Å².